The van der Waals surface area contributed by atoms with Crippen molar-refractivity contribution in [3.05, 3.63) is 120 Å². The maximum absolute atomic E-state index is 13.5. The van der Waals surface area contributed by atoms with E-state index < -0.39 is 0 Å². The van der Waals surface area contributed by atoms with E-state index in [9.17, 15) is 9.59 Å². The van der Waals surface area contributed by atoms with Gasteiger partial charge in [0.25, 0.3) is 11.8 Å². The Bertz CT molecular complexity index is 1980. The average molecular weight is 596 g/mol. The van der Waals surface area contributed by atoms with Gasteiger partial charge < -0.3 is 0 Å². The zero-order valence-electron chi connectivity index (χ0n) is 24.9. The number of para-hydroxylation sites is 1. The van der Waals surface area contributed by atoms with Gasteiger partial charge >= 0.3 is 0 Å². The third-order valence-electron chi connectivity index (χ3n) is 8.41. The number of carbonyl (C=O) groups is 2. The van der Waals surface area contributed by atoms with Crippen LogP contribution in [-0.2, 0) is 0 Å². The molecule has 44 heavy (non-hydrogen) atoms. The zero-order chi connectivity index (χ0) is 30.2. The van der Waals surface area contributed by atoms with Gasteiger partial charge in [-0.05, 0) is 66.8 Å². The maximum Gasteiger partial charge on any atom is 0.261 e. The number of aryl methyl sites for hydroxylation is 1. The number of aromatic nitrogens is 2. The number of unbranched alkanes of at least 4 members (excludes halogenated alkanes) is 3. The van der Waals surface area contributed by atoms with Gasteiger partial charge in [0.1, 0.15) is 0 Å². The van der Waals surface area contributed by atoms with Crippen LogP contribution in [0.25, 0.3) is 48.7 Å². The fourth-order valence-electron chi connectivity index (χ4n) is 6.07. The minimum Gasteiger partial charge on any atom is -0.274 e. The highest BCUT2D eigenvalue weighted by Gasteiger charge is 2.33. The van der Waals surface area contributed by atoms with Crippen molar-refractivity contribution in [1.82, 2.24) is 14.7 Å². The normalized spacial score (nSPS) is 12.8. The highest BCUT2D eigenvalue weighted by molar-refractivity contribution is 7.18. The molecule has 0 saturated carbocycles. The molecule has 0 bridgehead atoms. The lowest BCUT2D eigenvalue weighted by molar-refractivity contribution is 0.0608. The Balaban J connectivity index is 1.28. The number of hydrogen-bond donors (Lipinski definition) is 0. The molecule has 1 aliphatic heterocycles. The Hall–Kier alpha value is -4.81. The molecule has 1 aliphatic rings. The summed E-state index contributed by atoms with van der Waals surface area (Å²) >= 11 is 1.69. The van der Waals surface area contributed by atoms with Gasteiger partial charge in [0.05, 0.1) is 22.0 Å². The van der Waals surface area contributed by atoms with Gasteiger partial charge in [-0.15, -0.1) is 11.3 Å². The van der Waals surface area contributed by atoms with Gasteiger partial charge in [0.15, 0.2) is 0 Å². The molecule has 0 spiro atoms. The molecule has 5 nitrogen and oxygen atoms in total. The van der Waals surface area contributed by atoms with Crippen molar-refractivity contribution in [2.75, 3.05) is 6.54 Å². The molecule has 3 heterocycles. The fourth-order valence-corrected chi connectivity index (χ4v) is 7.12. The van der Waals surface area contributed by atoms with Crippen LogP contribution in [0.5, 0.6) is 0 Å². The number of thiophene rings is 1. The van der Waals surface area contributed by atoms with Gasteiger partial charge in [-0.25, -0.2) is 4.68 Å². The van der Waals surface area contributed by atoms with E-state index in [1.54, 1.807) is 11.3 Å². The summed E-state index contributed by atoms with van der Waals surface area (Å²) in [5, 5.41) is 6.72. The van der Waals surface area contributed by atoms with E-state index in [1.807, 2.05) is 53.2 Å². The predicted molar refractivity (Wildman–Crippen MR) is 180 cm³/mol. The number of nitrogens with zero attached hydrogens (tertiary/aromatic N) is 3. The maximum atomic E-state index is 13.5. The topological polar surface area (TPSA) is 55.2 Å². The Morgan fingerprint density at radius 1 is 0.705 bits per heavy atom. The van der Waals surface area contributed by atoms with Crippen LogP contribution < -0.4 is 0 Å². The monoisotopic (exact) mass is 595 g/mol. The first-order chi connectivity index (χ1) is 21.5. The molecule has 2 amide bonds. The highest BCUT2D eigenvalue weighted by atomic mass is 32.1. The second-order valence-electron chi connectivity index (χ2n) is 11.4. The predicted octanol–water partition coefficient (Wildman–Crippen LogP) is 9.57. The molecule has 0 unspecified atom stereocenters. The molecule has 0 fully saturated rings. The first-order valence-electron chi connectivity index (χ1n) is 15.3. The van der Waals surface area contributed by atoms with Crippen molar-refractivity contribution < 1.29 is 9.59 Å². The van der Waals surface area contributed by atoms with Crippen LogP contribution in [0, 0.1) is 6.92 Å². The van der Waals surface area contributed by atoms with Crippen LogP contribution in [0.15, 0.2) is 103 Å². The molecule has 218 valence electrons. The van der Waals surface area contributed by atoms with Crippen LogP contribution in [0.3, 0.4) is 0 Å². The number of amides is 2. The van der Waals surface area contributed by atoms with Gasteiger partial charge in [0, 0.05) is 33.5 Å². The molecule has 0 aliphatic carbocycles. The van der Waals surface area contributed by atoms with Crippen LogP contribution >= 0.6 is 11.3 Å². The van der Waals surface area contributed by atoms with Crippen LogP contribution in [0.4, 0.5) is 0 Å². The van der Waals surface area contributed by atoms with Crippen molar-refractivity contribution in [3.8, 4) is 38.0 Å². The quantitative estimate of drug-likeness (QED) is 0.124. The van der Waals surface area contributed by atoms with Crippen LogP contribution in [0.1, 0.15) is 58.9 Å². The summed E-state index contributed by atoms with van der Waals surface area (Å²) in [4.78, 5) is 30.6. The Morgan fingerprint density at radius 3 is 2.20 bits per heavy atom. The molecular weight excluding hydrogens is 563 g/mol. The summed E-state index contributed by atoms with van der Waals surface area (Å²) in [5.41, 5.74) is 7.43. The lowest BCUT2D eigenvalue weighted by atomic mass is 9.90. The number of rotatable bonds is 9. The van der Waals surface area contributed by atoms with Crippen molar-refractivity contribution in [1.29, 1.82) is 0 Å². The third-order valence-corrected chi connectivity index (χ3v) is 9.55. The minimum atomic E-state index is -0.191. The number of carbonyl (C=O) groups excluding carboxylic acids is 2. The van der Waals surface area contributed by atoms with E-state index in [-0.39, 0.29) is 11.8 Å². The molecule has 7 rings (SSSR count). The molecule has 6 heteroatoms. The summed E-state index contributed by atoms with van der Waals surface area (Å²) in [6.07, 6.45) is 4.06. The summed E-state index contributed by atoms with van der Waals surface area (Å²) in [6.45, 7) is 4.70. The van der Waals surface area contributed by atoms with Crippen molar-refractivity contribution in [2.24, 2.45) is 0 Å². The molecule has 0 atom stereocenters. The van der Waals surface area contributed by atoms with Crippen molar-refractivity contribution >= 4 is 33.9 Å². The molecule has 0 saturated heterocycles. The van der Waals surface area contributed by atoms with Gasteiger partial charge in [-0.3, -0.25) is 14.5 Å². The Kier molecular flexibility index (Phi) is 7.44. The molecular formula is C38H33N3O2S. The lowest BCUT2D eigenvalue weighted by Gasteiger charge is -2.27. The van der Waals surface area contributed by atoms with E-state index in [0.717, 1.165) is 74.4 Å². The molecule has 0 radical (unpaired) electrons. The third kappa shape index (κ3) is 4.95. The Labute approximate surface area is 261 Å². The number of hydrogen-bond acceptors (Lipinski definition) is 4. The van der Waals surface area contributed by atoms with Crippen molar-refractivity contribution in [3.63, 3.8) is 0 Å². The SMILES string of the molecule is CCCCCCN1C(=O)c2cccc3c(-c4ccc(-c5cc(-c6ccc(C)cc6)nn5-c5ccccc5)s4)ccc(c23)C1=O. The van der Waals surface area contributed by atoms with Crippen molar-refractivity contribution in [2.45, 2.75) is 39.5 Å². The average Bonchev–Trinajstić information content (AvgIpc) is 3.72. The fraction of sp³-hybridized carbons (Fsp3) is 0.184. The lowest BCUT2D eigenvalue weighted by Crippen LogP contribution is -2.40. The number of benzene rings is 4. The van der Waals surface area contributed by atoms with Gasteiger partial charge in [-0.1, -0.05) is 92.4 Å². The second kappa shape index (κ2) is 11.7. The minimum absolute atomic E-state index is 0.191. The van der Waals surface area contributed by atoms with E-state index in [4.69, 9.17) is 5.10 Å². The van der Waals surface area contributed by atoms with E-state index >= 15 is 0 Å². The van der Waals surface area contributed by atoms with Crippen LogP contribution in [0.2, 0.25) is 0 Å². The molecule has 4 aromatic carbocycles. The standard InChI is InChI=1S/C38H33N3O2S/c1-3-4-5-9-23-40-37(42)30-14-10-13-29-28(19-20-31(36(29)30)38(40)43)34-21-22-35(44-34)33-24-32(26-17-15-25(2)16-18-26)39-41(33)27-11-7-6-8-12-27/h6-8,10-22,24H,3-5,9,23H2,1-2H3. The second-order valence-corrected chi connectivity index (χ2v) is 12.5. The molecule has 6 aromatic rings. The summed E-state index contributed by atoms with van der Waals surface area (Å²) in [5.74, 6) is -0.381. The molecule has 2 aromatic heterocycles. The highest BCUT2D eigenvalue weighted by Crippen LogP contribution is 2.42. The zero-order valence-corrected chi connectivity index (χ0v) is 25.7. The van der Waals surface area contributed by atoms with Crippen LogP contribution in [-0.4, -0.2) is 33.0 Å². The number of imide groups is 1. The van der Waals surface area contributed by atoms with E-state index in [0.29, 0.717) is 17.7 Å². The molecule has 0 N–H and O–H groups in total. The first kappa shape index (κ1) is 28.0. The summed E-state index contributed by atoms with van der Waals surface area (Å²) < 4.78 is 2.01. The van der Waals surface area contributed by atoms with E-state index in [2.05, 4.69) is 68.4 Å². The van der Waals surface area contributed by atoms with Gasteiger partial charge in [-0.2, -0.15) is 5.10 Å². The summed E-state index contributed by atoms with van der Waals surface area (Å²) in [7, 11) is 0. The largest absolute Gasteiger partial charge is 0.274 e. The van der Waals surface area contributed by atoms with E-state index in [1.165, 1.54) is 10.5 Å². The Morgan fingerprint density at radius 2 is 1.43 bits per heavy atom. The summed E-state index contributed by atoms with van der Waals surface area (Å²) in [6, 6.07) is 34.8. The smallest absolute Gasteiger partial charge is 0.261 e. The first-order valence-corrected chi connectivity index (χ1v) is 16.1. The van der Waals surface area contributed by atoms with Gasteiger partial charge in [0.2, 0.25) is 0 Å².